The Hall–Kier alpha value is -4.76. The van der Waals surface area contributed by atoms with E-state index in [2.05, 4.69) is 46.3 Å². The third-order valence-corrected chi connectivity index (χ3v) is 15.4. The second kappa shape index (κ2) is 18.1. The number of halogens is 1. The van der Waals surface area contributed by atoms with Crippen LogP contribution in [0.4, 0.5) is 15.8 Å². The number of aryl methyl sites for hydroxylation is 1. The highest BCUT2D eigenvalue weighted by Crippen LogP contribution is 2.49. The number of hydrogen-bond donors (Lipinski definition) is 4. The molecule has 0 saturated carbocycles. The normalized spacial score (nSPS) is 21.3. The summed E-state index contributed by atoms with van der Waals surface area (Å²) in [6.45, 7) is 3.33. The molecule has 316 valence electrons. The van der Waals surface area contributed by atoms with Crippen LogP contribution < -0.4 is 16.0 Å². The predicted octanol–water partition coefficient (Wildman–Crippen LogP) is 7.65. The van der Waals surface area contributed by atoms with E-state index >= 15 is 0 Å². The lowest BCUT2D eigenvalue weighted by Gasteiger charge is -2.39. The Kier molecular flexibility index (Phi) is 12.6. The molecule has 0 radical (unpaired) electrons. The zero-order valence-electron chi connectivity index (χ0n) is 33.8. The Morgan fingerprint density at radius 2 is 1.67 bits per heavy atom. The molecule has 14 heteroatoms. The van der Waals surface area contributed by atoms with Crippen molar-refractivity contribution in [3.8, 4) is 11.1 Å². The fourth-order valence-electron chi connectivity index (χ4n) is 9.20. The SMILES string of the molecule is Cc1ccc(S(=O)(=O)N2CC[C@@H]3[C@H](CO)Nc4ccc(-c5cccc(NCCCCCCCCSc6cc(F)cc7c6CN(C6CCC(=O)NC6=O)C7=O)c5)cc4[C@@H]32)cc1. The number of piperidine rings is 1. The summed E-state index contributed by atoms with van der Waals surface area (Å²) >= 11 is 1.55. The highest BCUT2D eigenvalue weighted by atomic mass is 32.2. The molecule has 3 amide bonds. The average Bonchev–Trinajstić information content (AvgIpc) is 3.84. The number of rotatable bonds is 16. The van der Waals surface area contributed by atoms with Crippen molar-refractivity contribution in [2.24, 2.45) is 5.92 Å². The van der Waals surface area contributed by atoms with E-state index in [4.69, 9.17) is 0 Å². The number of nitrogens with one attached hydrogen (secondary N) is 3. The van der Waals surface area contributed by atoms with E-state index in [-0.39, 0.29) is 60.7 Å². The number of thioether (sulfide) groups is 1. The van der Waals surface area contributed by atoms with Gasteiger partial charge in [-0.05, 0) is 109 Å². The Balaban J connectivity index is 0.803. The Bertz CT molecular complexity index is 2380. The van der Waals surface area contributed by atoms with Crippen LogP contribution in [0.2, 0.25) is 0 Å². The molecule has 2 saturated heterocycles. The summed E-state index contributed by atoms with van der Waals surface area (Å²) in [6.07, 6.45) is 7.44. The molecule has 4 atom stereocenters. The number of sulfonamides is 1. The van der Waals surface area contributed by atoms with Gasteiger partial charge in [0.05, 0.1) is 23.6 Å². The number of aliphatic hydroxyl groups is 1. The fraction of sp³-hybridized carbons (Fsp3) is 0.413. The number of fused-ring (bicyclic) bond motifs is 4. The number of imide groups is 1. The molecular weight excluding hydrogens is 802 g/mol. The van der Waals surface area contributed by atoms with E-state index in [0.29, 0.717) is 18.5 Å². The van der Waals surface area contributed by atoms with Gasteiger partial charge < -0.3 is 20.6 Å². The van der Waals surface area contributed by atoms with Crippen LogP contribution in [0.15, 0.2) is 88.7 Å². The van der Waals surface area contributed by atoms with Crippen molar-refractivity contribution < 1.29 is 32.3 Å². The second-order valence-electron chi connectivity index (χ2n) is 16.4. The summed E-state index contributed by atoms with van der Waals surface area (Å²) in [5.41, 5.74) is 6.90. The molecule has 4 aromatic carbocycles. The van der Waals surface area contributed by atoms with Crippen LogP contribution in [-0.2, 0) is 26.2 Å². The molecule has 4 heterocycles. The van der Waals surface area contributed by atoms with E-state index in [1.165, 1.54) is 17.0 Å². The first kappa shape index (κ1) is 42.0. The van der Waals surface area contributed by atoms with E-state index in [0.717, 1.165) is 94.9 Å². The Morgan fingerprint density at radius 1 is 0.900 bits per heavy atom. The minimum absolute atomic E-state index is 0.0550. The van der Waals surface area contributed by atoms with Crippen LogP contribution in [0.3, 0.4) is 0 Å². The number of benzene rings is 4. The predicted molar refractivity (Wildman–Crippen MR) is 232 cm³/mol. The average molecular weight is 854 g/mol. The van der Waals surface area contributed by atoms with Gasteiger partial charge in [-0.2, -0.15) is 4.31 Å². The van der Waals surface area contributed by atoms with Crippen molar-refractivity contribution in [1.82, 2.24) is 14.5 Å². The molecule has 4 aliphatic rings. The lowest BCUT2D eigenvalue weighted by molar-refractivity contribution is -0.136. The van der Waals surface area contributed by atoms with Crippen molar-refractivity contribution in [3.63, 3.8) is 0 Å². The van der Waals surface area contributed by atoms with Gasteiger partial charge in [-0.15, -0.1) is 11.8 Å². The molecule has 0 spiro atoms. The van der Waals surface area contributed by atoms with Crippen LogP contribution >= 0.6 is 11.8 Å². The van der Waals surface area contributed by atoms with Crippen LogP contribution in [0.5, 0.6) is 0 Å². The maximum Gasteiger partial charge on any atom is 0.255 e. The first-order valence-electron chi connectivity index (χ1n) is 21.1. The smallest absolute Gasteiger partial charge is 0.255 e. The van der Waals surface area contributed by atoms with Crippen LogP contribution in [0.25, 0.3) is 11.1 Å². The van der Waals surface area contributed by atoms with Gasteiger partial charge in [-0.1, -0.05) is 61.6 Å². The Labute approximate surface area is 355 Å². The molecule has 4 N–H and O–H groups in total. The number of hydrogen-bond acceptors (Lipinski definition) is 9. The van der Waals surface area contributed by atoms with Gasteiger partial charge in [0.15, 0.2) is 0 Å². The number of carbonyl (C=O) groups excluding carboxylic acids is 3. The maximum absolute atomic E-state index is 14.6. The molecule has 11 nitrogen and oxygen atoms in total. The monoisotopic (exact) mass is 853 g/mol. The van der Waals surface area contributed by atoms with Crippen molar-refractivity contribution >= 4 is 50.9 Å². The topological polar surface area (TPSA) is 148 Å². The molecule has 1 unspecified atom stereocenters. The molecule has 60 heavy (non-hydrogen) atoms. The summed E-state index contributed by atoms with van der Waals surface area (Å²) in [6, 6.07) is 22.9. The van der Waals surface area contributed by atoms with Gasteiger partial charge >= 0.3 is 0 Å². The van der Waals surface area contributed by atoms with Gasteiger partial charge in [0.1, 0.15) is 11.9 Å². The van der Waals surface area contributed by atoms with Crippen molar-refractivity contribution in [1.29, 1.82) is 0 Å². The van der Waals surface area contributed by atoms with Crippen molar-refractivity contribution in [2.45, 2.75) is 99.2 Å². The van der Waals surface area contributed by atoms with Gasteiger partial charge in [-0.25, -0.2) is 12.8 Å². The Morgan fingerprint density at radius 3 is 2.45 bits per heavy atom. The quantitative estimate of drug-likeness (QED) is 0.0507. The van der Waals surface area contributed by atoms with Crippen LogP contribution in [0.1, 0.15) is 90.9 Å². The zero-order valence-corrected chi connectivity index (χ0v) is 35.4. The number of amides is 3. The molecule has 8 rings (SSSR count). The van der Waals surface area contributed by atoms with Gasteiger partial charge in [0.2, 0.25) is 21.8 Å². The number of carbonyl (C=O) groups is 3. The summed E-state index contributed by atoms with van der Waals surface area (Å²) in [4.78, 5) is 39.7. The number of aliphatic hydroxyl groups excluding tert-OH is 1. The molecule has 2 fully saturated rings. The minimum Gasteiger partial charge on any atom is -0.394 e. The fourth-order valence-corrected chi connectivity index (χ4v) is 12.0. The first-order valence-corrected chi connectivity index (χ1v) is 23.5. The van der Waals surface area contributed by atoms with E-state index in [9.17, 15) is 32.3 Å². The number of unbranched alkanes of at least 4 members (excludes halogenated alkanes) is 5. The molecule has 4 aromatic rings. The van der Waals surface area contributed by atoms with Crippen molar-refractivity contribution in [2.75, 3.05) is 36.1 Å². The molecule has 0 aliphatic carbocycles. The standard InChI is InChI=1S/C46H52FN5O6S2/c1-29-11-14-34(15-12-29)60(57,58)52-21-19-35-40(28-53)49-39-16-13-31(24-37(39)44(35)52)30-9-8-10-33(23-30)48-20-6-4-2-3-5-7-22-59-42-26-32(47)25-36-38(42)27-51(46(36)56)41-17-18-43(54)50-45(41)55/h8-16,23-26,35,40-41,44,48-49,53H,2-7,17-22,27-28H2,1H3,(H,50,54,55)/t35-,40+,41?,44-/m1/s1. The van der Waals surface area contributed by atoms with Gasteiger partial charge in [-0.3, -0.25) is 19.7 Å². The van der Waals surface area contributed by atoms with E-state index in [1.54, 1.807) is 28.2 Å². The first-order chi connectivity index (χ1) is 29.0. The summed E-state index contributed by atoms with van der Waals surface area (Å²) in [5.74, 6) is -0.895. The number of anilines is 2. The third kappa shape index (κ3) is 8.70. The second-order valence-corrected chi connectivity index (χ2v) is 19.4. The van der Waals surface area contributed by atoms with Crippen LogP contribution in [0, 0.1) is 18.7 Å². The van der Waals surface area contributed by atoms with Gasteiger partial charge in [0.25, 0.3) is 5.91 Å². The largest absolute Gasteiger partial charge is 0.394 e. The van der Waals surface area contributed by atoms with Crippen molar-refractivity contribution in [3.05, 3.63) is 107 Å². The lowest BCUT2D eigenvalue weighted by atomic mass is 9.82. The molecular formula is C46H52FN5O6S2. The molecule has 0 aromatic heterocycles. The summed E-state index contributed by atoms with van der Waals surface area (Å²) in [5, 5.41) is 19.7. The van der Waals surface area contributed by atoms with E-state index < -0.39 is 27.8 Å². The van der Waals surface area contributed by atoms with Crippen LogP contribution in [-0.4, -0.2) is 78.0 Å². The van der Waals surface area contributed by atoms with Gasteiger partial charge in [0, 0.05) is 53.8 Å². The number of nitrogens with zero attached hydrogens (tertiary/aromatic N) is 2. The highest BCUT2D eigenvalue weighted by molar-refractivity contribution is 7.99. The maximum atomic E-state index is 14.6. The summed E-state index contributed by atoms with van der Waals surface area (Å²) < 4.78 is 44.2. The molecule has 4 aliphatic heterocycles. The lowest BCUT2D eigenvalue weighted by Crippen LogP contribution is -2.52. The highest BCUT2D eigenvalue weighted by Gasteiger charge is 2.48. The minimum atomic E-state index is -3.76. The van der Waals surface area contributed by atoms with E-state index in [1.807, 2.05) is 31.2 Å². The molecule has 0 bridgehead atoms. The third-order valence-electron chi connectivity index (χ3n) is 12.4. The zero-order chi connectivity index (χ0) is 42.0. The summed E-state index contributed by atoms with van der Waals surface area (Å²) in [7, 11) is -3.76.